The number of carbonyl (C=O) groups excluding carboxylic acids is 2. The second kappa shape index (κ2) is 9.61. The summed E-state index contributed by atoms with van der Waals surface area (Å²) in [5.74, 6) is 0.420. The number of hydrogen-bond acceptors (Lipinski definition) is 4. The molecule has 2 heterocycles. The highest BCUT2D eigenvalue weighted by molar-refractivity contribution is 6.03. The average Bonchev–Trinajstić information content (AvgIpc) is 2.68. The van der Waals surface area contributed by atoms with Crippen LogP contribution in [-0.4, -0.2) is 54.5 Å². The van der Waals surface area contributed by atoms with Crippen molar-refractivity contribution in [2.45, 2.75) is 71.6 Å². The third kappa shape index (κ3) is 5.10. The minimum absolute atomic E-state index is 0.0267. The molecule has 1 fully saturated rings. The van der Waals surface area contributed by atoms with Crippen molar-refractivity contribution >= 4 is 17.5 Å². The van der Waals surface area contributed by atoms with E-state index in [4.69, 9.17) is 4.74 Å². The lowest BCUT2D eigenvalue weighted by molar-refractivity contribution is -0.130. The van der Waals surface area contributed by atoms with E-state index in [2.05, 4.69) is 24.1 Å². The zero-order valence-corrected chi connectivity index (χ0v) is 18.2. The number of rotatable bonds is 7. The smallest absolute Gasteiger partial charge is 0.268 e. The molecule has 6 nitrogen and oxygen atoms in total. The van der Waals surface area contributed by atoms with Crippen LogP contribution in [0.5, 0.6) is 5.75 Å². The lowest BCUT2D eigenvalue weighted by Crippen LogP contribution is -2.51. The lowest BCUT2D eigenvalue weighted by Gasteiger charge is -2.39. The summed E-state index contributed by atoms with van der Waals surface area (Å²) >= 11 is 0. The maximum absolute atomic E-state index is 12.9. The van der Waals surface area contributed by atoms with Gasteiger partial charge in [-0.15, -0.1) is 0 Å². The predicted octanol–water partition coefficient (Wildman–Crippen LogP) is 3.21. The topological polar surface area (TPSA) is 61.9 Å². The number of hydrogen-bond donors (Lipinski definition) is 1. The summed E-state index contributed by atoms with van der Waals surface area (Å²) in [6, 6.07) is 8.65. The molecule has 0 aliphatic carbocycles. The zero-order valence-electron chi connectivity index (χ0n) is 18.2. The molecular weight excluding hydrogens is 366 g/mol. The molecule has 0 spiro atoms. The first-order chi connectivity index (χ1) is 13.9. The van der Waals surface area contributed by atoms with Crippen molar-refractivity contribution in [2.75, 3.05) is 24.5 Å². The van der Waals surface area contributed by atoms with Crippen molar-refractivity contribution < 1.29 is 14.3 Å². The van der Waals surface area contributed by atoms with E-state index < -0.39 is 6.10 Å². The number of para-hydroxylation sites is 2. The number of fused-ring (bicyclic) bond motifs is 1. The molecule has 3 atom stereocenters. The summed E-state index contributed by atoms with van der Waals surface area (Å²) in [6.45, 7) is 10.1. The summed E-state index contributed by atoms with van der Waals surface area (Å²) in [5, 5.41) is 2.99. The first-order valence-electron chi connectivity index (χ1n) is 11.0. The Morgan fingerprint density at radius 2 is 1.90 bits per heavy atom. The Bertz CT molecular complexity index is 711. The van der Waals surface area contributed by atoms with Crippen LogP contribution in [-0.2, 0) is 9.59 Å². The van der Waals surface area contributed by atoms with Crippen LogP contribution in [0, 0.1) is 5.92 Å². The van der Waals surface area contributed by atoms with E-state index in [0.29, 0.717) is 30.1 Å². The third-order valence-corrected chi connectivity index (χ3v) is 6.12. The van der Waals surface area contributed by atoms with Crippen LogP contribution in [0.2, 0.25) is 0 Å². The first kappa shape index (κ1) is 21.6. The van der Waals surface area contributed by atoms with E-state index >= 15 is 0 Å². The SMILES string of the molecule is CC(C)[C@H]1Oc2ccccc2N(CC(=O)NCCCN2[C@H](C)CCC[C@@H]2C)C1=O. The quantitative estimate of drug-likeness (QED) is 0.713. The Balaban J connectivity index is 1.53. The Morgan fingerprint density at radius 3 is 2.59 bits per heavy atom. The molecule has 1 aromatic carbocycles. The van der Waals surface area contributed by atoms with Gasteiger partial charge in [0, 0.05) is 25.2 Å². The number of amides is 2. The molecule has 0 aromatic heterocycles. The molecule has 160 valence electrons. The number of carbonyl (C=O) groups is 2. The Hall–Kier alpha value is -2.08. The number of nitrogens with one attached hydrogen (secondary N) is 1. The number of ether oxygens (including phenoxy) is 1. The zero-order chi connectivity index (χ0) is 21.0. The summed E-state index contributed by atoms with van der Waals surface area (Å²) in [6.07, 6.45) is 4.18. The largest absolute Gasteiger partial charge is 0.478 e. The molecule has 1 saturated heterocycles. The molecule has 1 N–H and O–H groups in total. The molecule has 1 aromatic rings. The molecular formula is C23H35N3O3. The summed E-state index contributed by atoms with van der Waals surface area (Å²) in [5.41, 5.74) is 0.667. The molecule has 0 unspecified atom stereocenters. The van der Waals surface area contributed by atoms with Gasteiger partial charge in [-0.1, -0.05) is 32.4 Å². The van der Waals surface area contributed by atoms with Crippen molar-refractivity contribution in [1.82, 2.24) is 10.2 Å². The van der Waals surface area contributed by atoms with Gasteiger partial charge in [-0.05, 0) is 51.2 Å². The van der Waals surface area contributed by atoms with Gasteiger partial charge in [-0.2, -0.15) is 0 Å². The van der Waals surface area contributed by atoms with E-state index in [0.717, 1.165) is 13.0 Å². The Morgan fingerprint density at radius 1 is 1.21 bits per heavy atom. The van der Waals surface area contributed by atoms with Gasteiger partial charge in [0.25, 0.3) is 5.91 Å². The first-order valence-corrected chi connectivity index (χ1v) is 11.0. The van der Waals surface area contributed by atoms with Gasteiger partial charge in [0.15, 0.2) is 6.10 Å². The molecule has 2 amide bonds. The highest BCUT2D eigenvalue weighted by atomic mass is 16.5. The van der Waals surface area contributed by atoms with Crippen LogP contribution in [0.25, 0.3) is 0 Å². The minimum atomic E-state index is -0.556. The standard InChI is InChI=1S/C23H35N3O3/c1-16(2)22-23(28)26(19-11-5-6-12-20(19)29-22)15-21(27)24-13-8-14-25-17(3)9-7-10-18(25)4/h5-6,11-12,16-18,22H,7-10,13-15H2,1-4H3,(H,24,27)/t17-,18+,22-/m1/s1. The van der Waals surface area contributed by atoms with Gasteiger partial charge >= 0.3 is 0 Å². The van der Waals surface area contributed by atoms with Gasteiger partial charge < -0.3 is 10.1 Å². The number of likely N-dealkylation sites (tertiary alicyclic amines) is 1. The van der Waals surface area contributed by atoms with E-state index in [1.54, 1.807) is 4.90 Å². The van der Waals surface area contributed by atoms with Crippen molar-refractivity contribution in [3.05, 3.63) is 24.3 Å². The van der Waals surface area contributed by atoms with Crippen molar-refractivity contribution in [1.29, 1.82) is 0 Å². The van der Waals surface area contributed by atoms with Gasteiger partial charge in [0.1, 0.15) is 12.3 Å². The van der Waals surface area contributed by atoms with E-state index in [1.165, 1.54) is 19.3 Å². The number of piperidine rings is 1. The molecule has 29 heavy (non-hydrogen) atoms. The summed E-state index contributed by atoms with van der Waals surface area (Å²) in [4.78, 5) is 29.6. The van der Waals surface area contributed by atoms with E-state index in [-0.39, 0.29) is 24.3 Å². The maximum Gasteiger partial charge on any atom is 0.268 e. The summed E-state index contributed by atoms with van der Waals surface area (Å²) in [7, 11) is 0. The number of anilines is 1. The second-order valence-corrected chi connectivity index (χ2v) is 8.74. The molecule has 6 heteroatoms. The number of nitrogens with zero attached hydrogens (tertiary/aromatic N) is 2. The Labute approximate surface area is 174 Å². The molecule has 0 saturated carbocycles. The maximum atomic E-state index is 12.9. The van der Waals surface area contributed by atoms with Gasteiger partial charge in [-0.3, -0.25) is 19.4 Å². The van der Waals surface area contributed by atoms with Crippen LogP contribution >= 0.6 is 0 Å². The minimum Gasteiger partial charge on any atom is -0.478 e. The van der Waals surface area contributed by atoms with Crippen molar-refractivity contribution in [3.63, 3.8) is 0 Å². The monoisotopic (exact) mass is 401 g/mol. The van der Waals surface area contributed by atoms with Crippen molar-refractivity contribution in [3.8, 4) is 5.75 Å². The lowest BCUT2D eigenvalue weighted by atomic mass is 9.97. The second-order valence-electron chi connectivity index (χ2n) is 8.74. The van der Waals surface area contributed by atoms with Crippen LogP contribution in [0.1, 0.15) is 53.4 Å². The number of benzene rings is 1. The molecule has 2 aliphatic heterocycles. The van der Waals surface area contributed by atoms with E-state index in [1.807, 2.05) is 38.1 Å². The summed E-state index contributed by atoms with van der Waals surface area (Å²) < 4.78 is 5.87. The highest BCUT2D eigenvalue weighted by Crippen LogP contribution is 2.35. The fourth-order valence-corrected chi connectivity index (χ4v) is 4.43. The van der Waals surface area contributed by atoms with Gasteiger partial charge in [0.2, 0.25) is 5.91 Å². The average molecular weight is 402 g/mol. The normalized spacial score (nSPS) is 24.9. The van der Waals surface area contributed by atoms with Crippen LogP contribution < -0.4 is 15.0 Å². The fraction of sp³-hybridized carbons (Fsp3) is 0.652. The van der Waals surface area contributed by atoms with Gasteiger partial charge in [-0.25, -0.2) is 0 Å². The van der Waals surface area contributed by atoms with Crippen LogP contribution in [0.15, 0.2) is 24.3 Å². The molecule has 0 radical (unpaired) electrons. The predicted molar refractivity (Wildman–Crippen MR) is 115 cm³/mol. The molecule has 2 aliphatic rings. The third-order valence-electron chi connectivity index (χ3n) is 6.12. The van der Waals surface area contributed by atoms with Gasteiger partial charge in [0.05, 0.1) is 5.69 Å². The molecule has 0 bridgehead atoms. The fourth-order valence-electron chi connectivity index (χ4n) is 4.43. The highest BCUT2D eigenvalue weighted by Gasteiger charge is 2.37. The van der Waals surface area contributed by atoms with Crippen LogP contribution in [0.4, 0.5) is 5.69 Å². The Kier molecular flexibility index (Phi) is 7.17. The van der Waals surface area contributed by atoms with Crippen LogP contribution in [0.3, 0.4) is 0 Å². The molecule has 3 rings (SSSR count). The van der Waals surface area contributed by atoms with E-state index in [9.17, 15) is 9.59 Å². The van der Waals surface area contributed by atoms with Crippen molar-refractivity contribution in [2.24, 2.45) is 5.92 Å².